The summed E-state index contributed by atoms with van der Waals surface area (Å²) < 4.78 is 33.5. The van der Waals surface area contributed by atoms with Crippen molar-refractivity contribution in [2.24, 2.45) is 0 Å². The fourth-order valence-corrected chi connectivity index (χ4v) is 4.64. The lowest BCUT2D eigenvalue weighted by molar-refractivity contribution is -0.254. The van der Waals surface area contributed by atoms with E-state index >= 15 is 0 Å². The van der Waals surface area contributed by atoms with Gasteiger partial charge in [0.2, 0.25) is 0 Å². The Labute approximate surface area is 228 Å². The van der Waals surface area contributed by atoms with Crippen molar-refractivity contribution >= 4 is 40.6 Å². The van der Waals surface area contributed by atoms with Crippen LogP contribution in [-0.4, -0.2) is 65.8 Å². The van der Waals surface area contributed by atoms with Crippen LogP contribution in [-0.2, 0) is 54.1 Å². The van der Waals surface area contributed by atoms with E-state index in [9.17, 15) is 33.9 Å². The van der Waals surface area contributed by atoms with Gasteiger partial charge >= 0.3 is 23.9 Å². The Morgan fingerprint density at radius 2 is 1.43 bits per heavy atom. The zero-order valence-corrected chi connectivity index (χ0v) is 22.8. The van der Waals surface area contributed by atoms with Gasteiger partial charge in [-0.1, -0.05) is 0 Å². The molecule has 1 saturated heterocycles. The number of carbonyl (C=O) groups excluding carboxylic acids is 5. The van der Waals surface area contributed by atoms with Crippen molar-refractivity contribution in [3.8, 4) is 5.75 Å². The zero-order chi connectivity index (χ0) is 29.9. The number of aryl methyl sites for hydroxylation is 1. The molecule has 0 unspecified atom stereocenters. The van der Waals surface area contributed by atoms with Gasteiger partial charge in [0.15, 0.2) is 23.7 Å². The van der Waals surface area contributed by atoms with Crippen LogP contribution >= 0.6 is 0 Å². The minimum absolute atomic E-state index is 0.00174. The predicted octanol–water partition coefficient (Wildman–Crippen LogP) is 1.74. The average Bonchev–Trinajstić information content (AvgIpc) is 2.79. The minimum atomic E-state index is -1.54. The summed E-state index contributed by atoms with van der Waals surface area (Å²) in [5.74, 6) is -3.91. The van der Waals surface area contributed by atoms with Crippen LogP contribution in [0.2, 0.25) is 0 Å². The van der Waals surface area contributed by atoms with Gasteiger partial charge in [-0.3, -0.25) is 28.8 Å². The Morgan fingerprint density at radius 3 is 1.98 bits per heavy atom. The van der Waals surface area contributed by atoms with Crippen molar-refractivity contribution < 1.29 is 57.2 Å². The molecule has 2 heterocycles. The van der Waals surface area contributed by atoms with Gasteiger partial charge in [0, 0.05) is 33.8 Å². The first-order valence-electron chi connectivity index (χ1n) is 12.3. The molecular formula is C27H30O13. The normalized spacial score (nSPS) is 22.3. The molecule has 1 aromatic carbocycles. The van der Waals surface area contributed by atoms with Crippen molar-refractivity contribution in [2.75, 3.05) is 6.61 Å². The first kappa shape index (κ1) is 30.3. The molecule has 1 aliphatic heterocycles. The van der Waals surface area contributed by atoms with Crippen molar-refractivity contribution in [1.82, 2.24) is 0 Å². The highest BCUT2D eigenvalue weighted by atomic mass is 16.7. The van der Waals surface area contributed by atoms with Gasteiger partial charge in [-0.2, -0.15) is 0 Å². The highest BCUT2D eigenvalue weighted by Crippen LogP contribution is 2.44. The largest absolute Gasteiger partial charge is 0.507 e. The van der Waals surface area contributed by atoms with E-state index in [0.717, 1.165) is 33.8 Å². The van der Waals surface area contributed by atoms with Crippen molar-refractivity contribution in [1.29, 1.82) is 0 Å². The summed E-state index contributed by atoms with van der Waals surface area (Å²) in [6, 6.07) is 2.43. The monoisotopic (exact) mass is 562 g/mol. The van der Waals surface area contributed by atoms with Crippen LogP contribution in [0.1, 0.15) is 57.6 Å². The first-order chi connectivity index (χ1) is 18.7. The quantitative estimate of drug-likeness (QED) is 0.363. The van der Waals surface area contributed by atoms with E-state index in [2.05, 4.69) is 0 Å². The lowest BCUT2D eigenvalue weighted by atomic mass is 9.88. The van der Waals surface area contributed by atoms with Crippen LogP contribution in [0, 0.1) is 6.92 Å². The number of carbonyl (C=O) groups is 5. The van der Waals surface area contributed by atoms with E-state index in [1.54, 1.807) is 6.92 Å². The molecule has 1 aromatic heterocycles. The molecule has 3 rings (SSSR count). The molecule has 5 atom stereocenters. The first-order valence-corrected chi connectivity index (χ1v) is 12.3. The van der Waals surface area contributed by atoms with Crippen LogP contribution in [0.25, 0.3) is 11.0 Å². The lowest BCUT2D eigenvalue weighted by Gasteiger charge is -2.44. The van der Waals surface area contributed by atoms with E-state index in [-0.39, 0.29) is 34.5 Å². The van der Waals surface area contributed by atoms with Gasteiger partial charge in [-0.25, -0.2) is 0 Å². The van der Waals surface area contributed by atoms with Gasteiger partial charge in [-0.15, -0.1) is 0 Å². The molecule has 40 heavy (non-hydrogen) atoms. The second kappa shape index (κ2) is 12.3. The predicted molar refractivity (Wildman–Crippen MR) is 134 cm³/mol. The Kier molecular flexibility index (Phi) is 9.30. The number of benzene rings is 1. The Bertz CT molecular complexity index is 1410. The maximum absolute atomic E-state index is 13.1. The molecule has 216 valence electrons. The number of aromatic hydroxyl groups is 1. The summed E-state index contributed by atoms with van der Waals surface area (Å²) in [4.78, 5) is 72.8. The van der Waals surface area contributed by atoms with E-state index in [4.69, 9.17) is 28.1 Å². The molecule has 13 nitrogen and oxygen atoms in total. The number of fused-ring (bicyclic) bond motifs is 1. The minimum Gasteiger partial charge on any atom is -0.507 e. The maximum atomic E-state index is 13.1. The van der Waals surface area contributed by atoms with Crippen molar-refractivity contribution in [3.63, 3.8) is 0 Å². The Balaban J connectivity index is 2.34. The van der Waals surface area contributed by atoms with Crippen LogP contribution < -0.4 is 5.43 Å². The SMILES string of the molecule is CC(=O)Cc1cc(=O)c2c(C)cc(O)c([C@@H]3O[C@H](COC(C)=O)[C@@H](OC(C)=O)[C@H](OC(C)=O)[C@H]3OC(C)=O)c2o1. The summed E-state index contributed by atoms with van der Waals surface area (Å²) >= 11 is 0. The maximum Gasteiger partial charge on any atom is 0.303 e. The molecule has 1 N–H and O–H groups in total. The average molecular weight is 563 g/mol. The van der Waals surface area contributed by atoms with Gasteiger partial charge < -0.3 is 33.2 Å². The third kappa shape index (κ3) is 6.84. The molecule has 13 heteroatoms. The topological polar surface area (TPSA) is 182 Å². The number of rotatable bonds is 8. The summed E-state index contributed by atoms with van der Waals surface area (Å²) in [7, 11) is 0. The number of esters is 4. The van der Waals surface area contributed by atoms with E-state index in [1.165, 1.54) is 13.0 Å². The van der Waals surface area contributed by atoms with E-state index in [0.29, 0.717) is 5.56 Å². The van der Waals surface area contributed by atoms with Crippen LogP contribution in [0.5, 0.6) is 5.75 Å². The Morgan fingerprint density at radius 1 is 0.850 bits per heavy atom. The van der Waals surface area contributed by atoms with Crippen LogP contribution in [0.15, 0.2) is 21.3 Å². The van der Waals surface area contributed by atoms with Crippen molar-refractivity contribution in [2.45, 2.75) is 78.5 Å². The molecule has 0 spiro atoms. The fourth-order valence-electron chi connectivity index (χ4n) is 4.64. The number of hydrogen-bond donors (Lipinski definition) is 1. The van der Waals surface area contributed by atoms with E-state index in [1.807, 2.05) is 0 Å². The molecule has 0 bridgehead atoms. The molecule has 2 aromatic rings. The van der Waals surface area contributed by atoms with Crippen LogP contribution in [0.3, 0.4) is 0 Å². The molecule has 0 aliphatic carbocycles. The molecule has 0 saturated carbocycles. The number of ether oxygens (including phenoxy) is 5. The summed E-state index contributed by atoms with van der Waals surface area (Å²) in [5.41, 5.74) is -0.505. The molecule has 0 radical (unpaired) electrons. The zero-order valence-electron chi connectivity index (χ0n) is 22.8. The molecule has 0 amide bonds. The highest BCUT2D eigenvalue weighted by molar-refractivity contribution is 5.87. The van der Waals surface area contributed by atoms with Gasteiger partial charge in [0.05, 0.1) is 17.4 Å². The summed E-state index contributed by atoms with van der Waals surface area (Å²) in [6.07, 6.45) is -7.49. The second-order valence-corrected chi connectivity index (χ2v) is 9.41. The molecular weight excluding hydrogens is 532 g/mol. The number of phenolic OH excluding ortho intramolecular Hbond substituents is 1. The van der Waals surface area contributed by atoms with E-state index < -0.39 is 72.2 Å². The van der Waals surface area contributed by atoms with Crippen LogP contribution in [0.4, 0.5) is 0 Å². The van der Waals surface area contributed by atoms with Gasteiger partial charge in [0.1, 0.15) is 41.7 Å². The fraction of sp³-hybridized carbons (Fsp3) is 0.481. The summed E-state index contributed by atoms with van der Waals surface area (Å²) in [5, 5.41) is 11.2. The highest BCUT2D eigenvalue weighted by Gasteiger charge is 2.53. The number of ketones is 1. The number of hydrogen-bond acceptors (Lipinski definition) is 13. The molecule has 1 aliphatic rings. The molecule has 1 fully saturated rings. The lowest BCUT2D eigenvalue weighted by Crippen LogP contribution is -2.59. The smallest absolute Gasteiger partial charge is 0.303 e. The summed E-state index contributed by atoms with van der Waals surface area (Å²) in [6.45, 7) is 6.75. The number of Topliss-reactive ketones (excluding diaryl/α,β-unsaturated/α-hetero) is 1. The second-order valence-electron chi connectivity index (χ2n) is 9.41. The third-order valence-electron chi connectivity index (χ3n) is 5.97. The third-order valence-corrected chi connectivity index (χ3v) is 5.97. The van der Waals surface area contributed by atoms with Gasteiger partial charge in [-0.05, 0) is 25.5 Å². The Hall–Kier alpha value is -4.26. The standard InChI is InChI=1S/C27H30O13/c1-11-7-18(33)22(24-21(11)19(34)9-17(39-24)8-12(2)28)25-27(38-16(6)32)26(37-15(5)31)23(36-14(4)30)20(40-25)10-35-13(3)29/h7,9,20,23,25-27,33H,8,10H2,1-6H3/t20-,23-,25+,26+,27+/m1/s1. The van der Waals surface area contributed by atoms with Gasteiger partial charge in [0.25, 0.3) is 0 Å². The van der Waals surface area contributed by atoms with Crippen molar-refractivity contribution in [3.05, 3.63) is 39.2 Å². The number of phenols is 1.